The molecule has 7 nitrogen and oxygen atoms in total. The van der Waals surface area contributed by atoms with Crippen molar-refractivity contribution in [3.63, 3.8) is 0 Å². The minimum absolute atomic E-state index is 0.0315. The molecule has 0 amide bonds. The Hall–Kier alpha value is -2.90. The third-order valence-corrected chi connectivity index (χ3v) is 8.09. The molecule has 0 radical (unpaired) electrons. The molecule has 168 valence electrons. The van der Waals surface area contributed by atoms with Crippen LogP contribution in [0.2, 0.25) is 5.02 Å². The number of piperidine rings is 1. The van der Waals surface area contributed by atoms with E-state index in [0.717, 1.165) is 52.9 Å². The van der Waals surface area contributed by atoms with Crippen molar-refractivity contribution < 1.29 is 5.11 Å². The van der Waals surface area contributed by atoms with Gasteiger partial charge in [0.15, 0.2) is 0 Å². The summed E-state index contributed by atoms with van der Waals surface area (Å²) in [5.41, 5.74) is 3.84. The van der Waals surface area contributed by atoms with Crippen LogP contribution in [0.4, 0.5) is 5.69 Å². The van der Waals surface area contributed by atoms with E-state index in [-0.39, 0.29) is 12.0 Å². The fourth-order valence-electron chi connectivity index (χ4n) is 5.90. The van der Waals surface area contributed by atoms with Crippen LogP contribution in [0.25, 0.3) is 16.6 Å². The standard InChI is InChI=1S/C25H25ClN6O/c1-15-2-3-17(11-27-15)25(33)18-4-7-24(25)30(13-18)23-9-22-16(8-21(23)26)10-29-32(22)20-12-28-31(14-20)19-5-6-19/h2-3,8-12,14,18-19,24,33H,4-7,13H2,1H3/t18-,24-,25?/m1/s1. The monoisotopic (exact) mass is 460 g/mol. The van der Waals surface area contributed by atoms with Crippen LogP contribution in [0.3, 0.4) is 0 Å². The lowest BCUT2D eigenvalue weighted by Crippen LogP contribution is -2.41. The van der Waals surface area contributed by atoms with Gasteiger partial charge in [-0.3, -0.25) is 9.67 Å². The van der Waals surface area contributed by atoms with Gasteiger partial charge in [0.2, 0.25) is 0 Å². The first-order chi connectivity index (χ1) is 16.0. The van der Waals surface area contributed by atoms with E-state index in [9.17, 15) is 5.11 Å². The molecule has 4 heterocycles. The number of halogens is 1. The molecule has 2 bridgehead atoms. The van der Waals surface area contributed by atoms with E-state index in [1.54, 1.807) is 0 Å². The Morgan fingerprint density at radius 1 is 1.06 bits per heavy atom. The summed E-state index contributed by atoms with van der Waals surface area (Å²) in [5, 5.41) is 22.7. The zero-order valence-corrected chi connectivity index (χ0v) is 19.2. The van der Waals surface area contributed by atoms with Crippen LogP contribution in [0.5, 0.6) is 0 Å². The predicted octanol–water partition coefficient (Wildman–Crippen LogP) is 4.40. The SMILES string of the molecule is Cc1ccc(C2(O)[C@@H]3CC[C@H]2N(c2cc4c(cnn4-c4cnn(C5CC5)c4)cc2Cl)C3)cn1. The Labute approximate surface area is 196 Å². The first-order valence-electron chi connectivity index (χ1n) is 11.7. The molecule has 1 unspecified atom stereocenters. The van der Waals surface area contributed by atoms with Gasteiger partial charge >= 0.3 is 0 Å². The van der Waals surface area contributed by atoms with Gasteiger partial charge in [-0.15, -0.1) is 0 Å². The van der Waals surface area contributed by atoms with Crippen molar-refractivity contribution >= 4 is 28.2 Å². The maximum absolute atomic E-state index is 11.9. The highest BCUT2D eigenvalue weighted by atomic mass is 35.5. The number of hydrogen-bond acceptors (Lipinski definition) is 5. The molecule has 3 aromatic heterocycles. The lowest BCUT2D eigenvalue weighted by molar-refractivity contribution is 0.0138. The summed E-state index contributed by atoms with van der Waals surface area (Å²) in [7, 11) is 0. The van der Waals surface area contributed by atoms with Crippen LogP contribution in [-0.4, -0.2) is 42.2 Å². The molecular formula is C25H25ClN6O. The van der Waals surface area contributed by atoms with Crippen molar-refractivity contribution in [2.24, 2.45) is 5.92 Å². The Kier molecular flexibility index (Phi) is 4.03. The summed E-state index contributed by atoms with van der Waals surface area (Å²) < 4.78 is 3.97. The number of anilines is 1. The smallest absolute Gasteiger partial charge is 0.116 e. The highest BCUT2D eigenvalue weighted by Gasteiger charge is 2.58. The quantitative estimate of drug-likeness (QED) is 0.488. The van der Waals surface area contributed by atoms with Crippen LogP contribution >= 0.6 is 11.6 Å². The second kappa shape index (κ2) is 6.81. The summed E-state index contributed by atoms with van der Waals surface area (Å²) in [5.74, 6) is 0.153. The molecule has 1 saturated heterocycles. The largest absolute Gasteiger partial charge is 0.383 e. The zero-order chi connectivity index (χ0) is 22.3. The highest BCUT2D eigenvalue weighted by molar-refractivity contribution is 6.34. The molecule has 3 fully saturated rings. The van der Waals surface area contributed by atoms with E-state index in [0.29, 0.717) is 11.1 Å². The fraction of sp³-hybridized carbons (Fsp3) is 0.400. The normalized spacial score (nSPS) is 26.6. The molecule has 1 aliphatic heterocycles. The van der Waals surface area contributed by atoms with Gasteiger partial charge in [-0.1, -0.05) is 17.7 Å². The predicted molar refractivity (Wildman–Crippen MR) is 127 cm³/mol. The maximum Gasteiger partial charge on any atom is 0.116 e. The van der Waals surface area contributed by atoms with Gasteiger partial charge < -0.3 is 10.0 Å². The van der Waals surface area contributed by atoms with Crippen molar-refractivity contribution in [3.05, 3.63) is 65.3 Å². The van der Waals surface area contributed by atoms with E-state index in [1.165, 1.54) is 12.8 Å². The van der Waals surface area contributed by atoms with E-state index in [2.05, 4.69) is 32.3 Å². The second-order valence-electron chi connectivity index (χ2n) is 9.78. The minimum Gasteiger partial charge on any atom is -0.383 e. The molecule has 0 spiro atoms. The molecule has 7 rings (SSSR count). The molecule has 3 aliphatic rings. The third-order valence-electron chi connectivity index (χ3n) is 7.79. The van der Waals surface area contributed by atoms with E-state index in [4.69, 9.17) is 11.6 Å². The van der Waals surface area contributed by atoms with Gasteiger partial charge in [0.25, 0.3) is 0 Å². The van der Waals surface area contributed by atoms with Crippen LogP contribution < -0.4 is 4.90 Å². The third kappa shape index (κ3) is 2.82. The van der Waals surface area contributed by atoms with Gasteiger partial charge in [0.1, 0.15) is 11.3 Å². The van der Waals surface area contributed by atoms with Crippen LogP contribution in [0, 0.1) is 12.8 Å². The Balaban J connectivity index is 1.29. The molecule has 33 heavy (non-hydrogen) atoms. The first kappa shape index (κ1) is 19.6. The number of hydrogen-bond donors (Lipinski definition) is 1. The maximum atomic E-state index is 11.9. The lowest BCUT2D eigenvalue weighted by Gasteiger charge is -2.33. The molecular weight excluding hydrogens is 436 g/mol. The number of rotatable bonds is 4. The molecule has 2 saturated carbocycles. The van der Waals surface area contributed by atoms with E-state index >= 15 is 0 Å². The first-order valence-corrected chi connectivity index (χ1v) is 12.0. The van der Waals surface area contributed by atoms with Crippen molar-refractivity contribution in [1.29, 1.82) is 0 Å². The van der Waals surface area contributed by atoms with E-state index in [1.807, 2.05) is 53.1 Å². The summed E-state index contributed by atoms with van der Waals surface area (Å²) >= 11 is 6.80. The number of pyridine rings is 1. The van der Waals surface area contributed by atoms with Crippen molar-refractivity contribution in [2.45, 2.75) is 50.3 Å². The minimum atomic E-state index is -0.912. The van der Waals surface area contributed by atoms with Gasteiger partial charge in [-0.25, -0.2) is 4.68 Å². The average Bonchev–Trinajstić information content (AvgIpc) is 3.15. The molecule has 4 aromatic rings. The molecule has 2 aliphatic carbocycles. The van der Waals surface area contributed by atoms with Gasteiger partial charge in [-0.05, 0) is 50.8 Å². The number of aromatic nitrogens is 5. The number of fused-ring (bicyclic) bond motifs is 3. The zero-order valence-electron chi connectivity index (χ0n) is 18.4. The van der Waals surface area contributed by atoms with Crippen molar-refractivity contribution in [2.75, 3.05) is 11.4 Å². The number of nitrogens with zero attached hydrogens (tertiary/aromatic N) is 6. The Morgan fingerprint density at radius 2 is 1.94 bits per heavy atom. The molecule has 8 heteroatoms. The van der Waals surface area contributed by atoms with Crippen molar-refractivity contribution in [1.82, 2.24) is 24.5 Å². The van der Waals surface area contributed by atoms with Gasteiger partial charge in [0.05, 0.1) is 46.9 Å². The fourth-order valence-corrected chi connectivity index (χ4v) is 6.18. The topological polar surface area (TPSA) is 72.0 Å². The van der Waals surface area contributed by atoms with Gasteiger partial charge in [-0.2, -0.15) is 10.2 Å². The molecule has 1 N–H and O–H groups in total. The Morgan fingerprint density at radius 3 is 2.73 bits per heavy atom. The van der Waals surface area contributed by atoms with Crippen molar-refractivity contribution in [3.8, 4) is 5.69 Å². The number of aliphatic hydroxyl groups is 1. The number of aryl methyl sites for hydroxylation is 1. The highest BCUT2D eigenvalue weighted by Crippen LogP contribution is 2.54. The summed E-state index contributed by atoms with van der Waals surface area (Å²) in [4.78, 5) is 6.75. The van der Waals surface area contributed by atoms with E-state index < -0.39 is 5.60 Å². The second-order valence-corrected chi connectivity index (χ2v) is 10.2. The summed E-state index contributed by atoms with van der Waals surface area (Å²) in [6.45, 7) is 2.74. The molecule has 1 aromatic carbocycles. The Bertz CT molecular complexity index is 1370. The molecule has 3 atom stereocenters. The van der Waals surface area contributed by atoms with Crippen LogP contribution in [-0.2, 0) is 5.60 Å². The average molecular weight is 461 g/mol. The summed E-state index contributed by atoms with van der Waals surface area (Å²) in [6, 6.07) is 8.60. The lowest BCUT2D eigenvalue weighted by atomic mass is 9.86. The van der Waals surface area contributed by atoms with Crippen LogP contribution in [0.1, 0.15) is 43.0 Å². The summed E-state index contributed by atoms with van der Waals surface area (Å²) in [6.07, 6.45) is 11.9. The van der Waals surface area contributed by atoms with Crippen LogP contribution in [0.15, 0.2) is 49.1 Å². The number of benzene rings is 1. The van der Waals surface area contributed by atoms with Gasteiger partial charge in [0, 0.05) is 35.3 Å².